The molecule has 3 rings (SSSR count). The fourth-order valence-corrected chi connectivity index (χ4v) is 3.46. The molecular formula is C25H34N4O2. The van der Waals surface area contributed by atoms with E-state index in [4.69, 9.17) is 5.73 Å². The predicted molar refractivity (Wildman–Crippen MR) is 126 cm³/mol. The molecule has 0 saturated heterocycles. The van der Waals surface area contributed by atoms with Crippen LogP contribution in [0.25, 0.3) is 0 Å². The average Bonchev–Trinajstić information content (AvgIpc) is 3.58. The number of anilines is 2. The highest BCUT2D eigenvalue weighted by Crippen LogP contribution is 2.33. The minimum absolute atomic E-state index is 0.144. The van der Waals surface area contributed by atoms with Gasteiger partial charge in [-0.2, -0.15) is 0 Å². The molecule has 31 heavy (non-hydrogen) atoms. The van der Waals surface area contributed by atoms with Gasteiger partial charge in [0.05, 0.1) is 0 Å². The molecule has 2 aromatic carbocycles. The van der Waals surface area contributed by atoms with Gasteiger partial charge in [-0.15, -0.1) is 0 Å². The van der Waals surface area contributed by atoms with Crippen LogP contribution in [0.3, 0.4) is 0 Å². The summed E-state index contributed by atoms with van der Waals surface area (Å²) in [7, 11) is 3.93. The SMILES string of the molecule is CN(C)c1ccc(C(=O)Nc2cccc(CN(CC(C)(C)CN)C(=O)C3CC3)c2)cc1. The van der Waals surface area contributed by atoms with Crippen molar-refractivity contribution in [1.82, 2.24) is 4.90 Å². The number of nitrogens with two attached hydrogens (primary N) is 1. The van der Waals surface area contributed by atoms with E-state index in [0.717, 1.165) is 29.8 Å². The largest absolute Gasteiger partial charge is 0.378 e. The molecule has 2 aromatic rings. The number of hydrogen-bond donors (Lipinski definition) is 2. The lowest BCUT2D eigenvalue weighted by atomic mass is 9.92. The average molecular weight is 423 g/mol. The van der Waals surface area contributed by atoms with Gasteiger partial charge in [-0.3, -0.25) is 9.59 Å². The number of hydrogen-bond acceptors (Lipinski definition) is 4. The van der Waals surface area contributed by atoms with Gasteiger partial charge in [-0.05, 0) is 66.8 Å². The van der Waals surface area contributed by atoms with Gasteiger partial charge in [0.15, 0.2) is 0 Å². The lowest BCUT2D eigenvalue weighted by Crippen LogP contribution is -2.42. The van der Waals surface area contributed by atoms with Crippen molar-refractivity contribution in [3.05, 3.63) is 59.7 Å². The Hall–Kier alpha value is -2.86. The predicted octanol–water partition coefficient (Wildman–Crippen LogP) is 3.73. The first-order chi connectivity index (χ1) is 14.7. The number of benzene rings is 2. The maximum Gasteiger partial charge on any atom is 0.255 e. The first-order valence-corrected chi connectivity index (χ1v) is 10.8. The Morgan fingerprint density at radius 1 is 1.10 bits per heavy atom. The smallest absolute Gasteiger partial charge is 0.255 e. The third-order valence-electron chi connectivity index (χ3n) is 5.61. The first-order valence-electron chi connectivity index (χ1n) is 10.8. The van der Waals surface area contributed by atoms with E-state index in [2.05, 4.69) is 19.2 Å². The second-order valence-corrected chi connectivity index (χ2v) is 9.43. The van der Waals surface area contributed by atoms with Crippen LogP contribution in [0.15, 0.2) is 48.5 Å². The van der Waals surface area contributed by atoms with E-state index in [-0.39, 0.29) is 23.1 Å². The van der Waals surface area contributed by atoms with Gasteiger partial charge in [0.2, 0.25) is 5.91 Å². The summed E-state index contributed by atoms with van der Waals surface area (Å²) in [5.41, 5.74) is 9.12. The lowest BCUT2D eigenvalue weighted by molar-refractivity contribution is -0.134. The van der Waals surface area contributed by atoms with Crippen LogP contribution in [0.5, 0.6) is 0 Å². The summed E-state index contributed by atoms with van der Waals surface area (Å²) < 4.78 is 0. The van der Waals surface area contributed by atoms with E-state index >= 15 is 0 Å². The summed E-state index contributed by atoms with van der Waals surface area (Å²) in [6.45, 7) is 5.81. The van der Waals surface area contributed by atoms with Crippen molar-refractivity contribution < 1.29 is 9.59 Å². The van der Waals surface area contributed by atoms with Crippen LogP contribution in [0.1, 0.15) is 42.6 Å². The van der Waals surface area contributed by atoms with Crippen LogP contribution in [0, 0.1) is 11.3 Å². The number of carbonyl (C=O) groups excluding carboxylic acids is 2. The van der Waals surface area contributed by atoms with E-state index in [0.29, 0.717) is 25.2 Å². The van der Waals surface area contributed by atoms with Crippen molar-refractivity contribution in [2.24, 2.45) is 17.1 Å². The fraction of sp³-hybridized carbons (Fsp3) is 0.440. The molecule has 0 bridgehead atoms. The fourth-order valence-electron chi connectivity index (χ4n) is 3.46. The second-order valence-electron chi connectivity index (χ2n) is 9.43. The van der Waals surface area contributed by atoms with Gasteiger partial charge < -0.3 is 20.9 Å². The molecular weight excluding hydrogens is 388 g/mol. The van der Waals surface area contributed by atoms with Crippen molar-refractivity contribution >= 4 is 23.2 Å². The molecule has 0 radical (unpaired) electrons. The van der Waals surface area contributed by atoms with Crippen molar-refractivity contribution in [3.63, 3.8) is 0 Å². The monoisotopic (exact) mass is 422 g/mol. The Kier molecular flexibility index (Phi) is 7.01. The number of nitrogens with zero attached hydrogens (tertiary/aromatic N) is 2. The van der Waals surface area contributed by atoms with E-state index in [1.54, 1.807) is 0 Å². The molecule has 1 aliphatic carbocycles. The third kappa shape index (κ3) is 6.31. The molecule has 0 heterocycles. The summed E-state index contributed by atoms with van der Waals surface area (Å²) in [6, 6.07) is 15.2. The van der Waals surface area contributed by atoms with E-state index < -0.39 is 0 Å². The summed E-state index contributed by atoms with van der Waals surface area (Å²) in [4.78, 5) is 29.4. The Morgan fingerprint density at radius 3 is 2.35 bits per heavy atom. The maximum absolute atomic E-state index is 12.8. The molecule has 2 amide bonds. The summed E-state index contributed by atoms with van der Waals surface area (Å²) in [5.74, 6) is 0.205. The zero-order valence-electron chi connectivity index (χ0n) is 19.0. The molecule has 6 nitrogen and oxygen atoms in total. The van der Waals surface area contributed by atoms with Crippen molar-refractivity contribution in [2.45, 2.75) is 33.2 Å². The summed E-state index contributed by atoms with van der Waals surface area (Å²) in [6.07, 6.45) is 1.95. The quantitative estimate of drug-likeness (QED) is 0.645. The lowest BCUT2D eigenvalue weighted by Gasteiger charge is -2.32. The highest BCUT2D eigenvalue weighted by molar-refractivity contribution is 6.04. The minimum atomic E-state index is -0.155. The molecule has 0 unspecified atom stereocenters. The van der Waals surface area contributed by atoms with E-state index in [1.165, 1.54) is 0 Å². The van der Waals surface area contributed by atoms with Gasteiger partial charge in [-0.1, -0.05) is 26.0 Å². The number of rotatable bonds is 9. The Labute approximate surface area is 185 Å². The molecule has 6 heteroatoms. The van der Waals surface area contributed by atoms with Crippen LogP contribution >= 0.6 is 0 Å². The van der Waals surface area contributed by atoms with Gasteiger partial charge in [0, 0.05) is 50.0 Å². The summed E-state index contributed by atoms with van der Waals surface area (Å²) >= 11 is 0. The Morgan fingerprint density at radius 2 is 1.77 bits per heavy atom. The molecule has 0 aromatic heterocycles. The standard InChI is InChI=1S/C25H34N4O2/c1-25(2,16-26)17-29(24(31)20-8-9-20)15-18-6-5-7-21(14-18)27-23(30)19-10-12-22(13-11-19)28(3)4/h5-7,10-14,20H,8-9,15-17,26H2,1-4H3,(H,27,30). The minimum Gasteiger partial charge on any atom is -0.378 e. The van der Waals surface area contributed by atoms with Crippen molar-refractivity contribution in [2.75, 3.05) is 37.4 Å². The normalized spacial score (nSPS) is 13.6. The zero-order chi connectivity index (χ0) is 22.6. The molecule has 1 saturated carbocycles. The molecule has 0 aliphatic heterocycles. The van der Waals surface area contributed by atoms with Crippen molar-refractivity contribution in [3.8, 4) is 0 Å². The number of nitrogens with one attached hydrogen (secondary N) is 1. The van der Waals surface area contributed by atoms with Crippen LogP contribution in [0.4, 0.5) is 11.4 Å². The van der Waals surface area contributed by atoms with Crippen LogP contribution < -0.4 is 16.0 Å². The highest BCUT2D eigenvalue weighted by Gasteiger charge is 2.35. The molecule has 0 spiro atoms. The van der Waals surface area contributed by atoms with Crippen LogP contribution in [0.2, 0.25) is 0 Å². The third-order valence-corrected chi connectivity index (χ3v) is 5.61. The van der Waals surface area contributed by atoms with Crippen molar-refractivity contribution in [1.29, 1.82) is 0 Å². The van der Waals surface area contributed by atoms with Gasteiger partial charge in [-0.25, -0.2) is 0 Å². The second kappa shape index (κ2) is 9.52. The summed E-state index contributed by atoms with van der Waals surface area (Å²) in [5, 5.41) is 2.97. The zero-order valence-corrected chi connectivity index (χ0v) is 19.0. The topological polar surface area (TPSA) is 78.7 Å². The van der Waals surface area contributed by atoms with Crippen LogP contribution in [-0.2, 0) is 11.3 Å². The molecule has 166 valence electrons. The van der Waals surface area contributed by atoms with Crippen LogP contribution in [-0.4, -0.2) is 43.9 Å². The van der Waals surface area contributed by atoms with Gasteiger partial charge >= 0.3 is 0 Å². The van der Waals surface area contributed by atoms with Gasteiger partial charge in [0.25, 0.3) is 5.91 Å². The molecule has 0 atom stereocenters. The number of amides is 2. The van der Waals surface area contributed by atoms with E-state index in [9.17, 15) is 9.59 Å². The molecule has 1 aliphatic rings. The Balaban J connectivity index is 1.70. The maximum atomic E-state index is 12.8. The van der Waals surface area contributed by atoms with Gasteiger partial charge in [0.1, 0.15) is 0 Å². The van der Waals surface area contributed by atoms with E-state index in [1.807, 2.05) is 72.4 Å². The highest BCUT2D eigenvalue weighted by atomic mass is 16.2. The number of carbonyl (C=O) groups is 2. The first kappa shape index (κ1) is 22.8. The molecule has 3 N–H and O–H groups in total. The Bertz CT molecular complexity index is 917. The molecule has 1 fully saturated rings.